The highest BCUT2D eigenvalue weighted by Crippen LogP contribution is 2.27. The Kier molecular flexibility index (Phi) is 6.50. The Bertz CT molecular complexity index is 974. The molecule has 1 N–H and O–H groups in total. The van der Waals surface area contributed by atoms with Gasteiger partial charge >= 0.3 is 5.97 Å². The summed E-state index contributed by atoms with van der Waals surface area (Å²) in [5.74, 6) is 0.475. The number of aliphatic carboxylic acids is 1. The predicted octanol–water partition coefficient (Wildman–Crippen LogP) is 5.45. The van der Waals surface area contributed by atoms with Crippen LogP contribution in [-0.2, 0) is 4.79 Å². The van der Waals surface area contributed by atoms with E-state index in [1.54, 1.807) is 12.1 Å². The lowest BCUT2D eigenvalue weighted by molar-refractivity contribution is -0.130. The molecule has 5 heteroatoms. The maximum Gasteiger partial charge on any atom is 0.337 e. The second-order valence-electron chi connectivity index (χ2n) is 6.32. The number of benzene rings is 2. The number of hydrogen-bond donors (Lipinski definition) is 1. The molecule has 0 saturated heterocycles. The van der Waals surface area contributed by atoms with Crippen molar-refractivity contribution in [2.75, 3.05) is 13.2 Å². The Hall–Kier alpha value is -3.05. The number of hydrogen-bond acceptors (Lipinski definition) is 4. The van der Waals surface area contributed by atoms with Crippen LogP contribution in [0.25, 0.3) is 11.6 Å². The van der Waals surface area contributed by atoms with E-state index in [1.807, 2.05) is 53.9 Å². The molecule has 2 aromatic carbocycles. The van der Waals surface area contributed by atoms with E-state index < -0.39 is 5.97 Å². The van der Waals surface area contributed by atoms with Crippen LogP contribution >= 0.6 is 11.3 Å². The van der Waals surface area contributed by atoms with E-state index in [9.17, 15) is 9.90 Å². The fraction of sp³-hybridized carbons (Fsp3) is 0.174. The molecular formula is C23H22O4S. The van der Waals surface area contributed by atoms with Gasteiger partial charge in [0.2, 0.25) is 0 Å². The first kappa shape index (κ1) is 19.7. The van der Waals surface area contributed by atoms with Gasteiger partial charge in [-0.2, -0.15) is 0 Å². The summed E-state index contributed by atoms with van der Waals surface area (Å²) in [5.41, 5.74) is 3.38. The van der Waals surface area contributed by atoms with Gasteiger partial charge in [0.15, 0.2) is 0 Å². The summed E-state index contributed by atoms with van der Waals surface area (Å²) in [7, 11) is 0. The number of ether oxygens (including phenoxy) is 2. The monoisotopic (exact) mass is 394 g/mol. The quantitative estimate of drug-likeness (QED) is 0.408. The van der Waals surface area contributed by atoms with Crippen molar-refractivity contribution in [2.24, 2.45) is 0 Å². The minimum atomic E-state index is -0.963. The first-order chi connectivity index (χ1) is 13.5. The molecule has 0 aliphatic heterocycles. The molecular weight excluding hydrogens is 372 g/mol. The van der Waals surface area contributed by atoms with Crippen LogP contribution in [0.2, 0.25) is 0 Å². The molecule has 1 heterocycles. The van der Waals surface area contributed by atoms with E-state index >= 15 is 0 Å². The van der Waals surface area contributed by atoms with Gasteiger partial charge in [-0.05, 0) is 60.7 Å². The van der Waals surface area contributed by atoms with Gasteiger partial charge in [-0.15, -0.1) is 11.3 Å². The van der Waals surface area contributed by atoms with Gasteiger partial charge in [-0.1, -0.05) is 30.3 Å². The van der Waals surface area contributed by atoms with E-state index in [4.69, 9.17) is 9.47 Å². The van der Waals surface area contributed by atoms with Crippen LogP contribution in [0.5, 0.6) is 11.5 Å². The molecule has 0 fully saturated rings. The van der Waals surface area contributed by atoms with Gasteiger partial charge in [-0.25, -0.2) is 4.79 Å². The maximum absolute atomic E-state index is 11.7. The number of para-hydroxylation sites is 1. The van der Waals surface area contributed by atoms with Crippen LogP contribution in [0.3, 0.4) is 0 Å². The zero-order chi connectivity index (χ0) is 19.9. The highest BCUT2D eigenvalue weighted by Gasteiger charge is 2.13. The summed E-state index contributed by atoms with van der Waals surface area (Å²) in [5, 5.41) is 11.4. The molecule has 3 aromatic rings. The molecule has 4 nitrogen and oxygen atoms in total. The topological polar surface area (TPSA) is 55.8 Å². The number of carbonyl (C=O) groups is 1. The molecule has 0 aliphatic rings. The Morgan fingerprint density at radius 2 is 1.79 bits per heavy atom. The van der Waals surface area contributed by atoms with Crippen molar-refractivity contribution in [3.63, 3.8) is 0 Å². The first-order valence-corrected chi connectivity index (χ1v) is 9.83. The fourth-order valence-electron chi connectivity index (χ4n) is 2.67. The minimum absolute atomic E-state index is 0.248. The van der Waals surface area contributed by atoms with Crippen LogP contribution in [0.4, 0.5) is 0 Å². The largest absolute Gasteiger partial charge is 0.490 e. The molecule has 3 rings (SSSR count). The van der Waals surface area contributed by atoms with E-state index in [0.717, 1.165) is 11.3 Å². The standard InChI is InChI=1S/C23H22O4S/c1-16-9-10-19(14-17(16)2)26-11-12-27-21-7-4-3-6-18(21)15-20(23(24)25)22-8-5-13-28-22/h3-10,13-15H,11-12H2,1-2H3,(H,24,25)/b20-15-. The third-order valence-corrected chi connectivity index (χ3v) is 5.23. The molecule has 0 bridgehead atoms. The van der Waals surface area contributed by atoms with Crippen LogP contribution in [-0.4, -0.2) is 24.3 Å². The fourth-order valence-corrected chi connectivity index (χ4v) is 3.41. The Morgan fingerprint density at radius 1 is 1.00 bits per heavy atom. The minimum Gasteiger partial charge on any atom is -0.490 e. The molecule has 28 heavy (non-hydrogen) atoms. The molecule has 0 saturated carbocycles. The number of carboxylic acids is 1. The van der Waals surface area contributed by atoms with Crippen molar-refractivity contribution in [1.82, 2.24) is 0 Å². The third-order valence-electron chi connectivity index (χ3n) is 4.32. The Balaban J connectivity index is 1.67. The lowest BCUT2D eigenvalue weighted by Crippen LogP contribution is -2.09. The van der Waals surface area contributed by atoms with Gasteiger partial charge < -0.3 is 14.6 Å². The number of thiophene rings is 1. The highest BCUT2D eigenvalue weighted by atomic mass is 32.1. The molecule has 0 amide bonds. The van der Waals surface area contributed by atoms with Gasteiger partial charge in [-0.3, -0.25) is 0 Å². The van der Waals surface area contributed by atoms with Gasteiger partial charge in [0.25, 0.3) is 0 Å². The second-order valence-corrected chi connectivity index (χ2v) is 7.27. The van der Waals surface area contributed by atoms with Crippen molar-refractivity contribution in [2.45, 2.75) is 13.8 Å². The predicted molar refractivity (Wildman–Crippen MR) is 113 cm³/mol. The van der Waals surface area contributed by atoms with Crippen LogP contribution < -0.4 is 9.47 Å². The van der Waals surface area contributed by atoms with E-state index in [2.05, 4.69) is 13.8 Å². The Labute approximate surface area is 168 Å². The zero-order valence-electron chi connectivity index (χ0n) is 15.8. The van der Waals surface area contributed by atoms with Gasteiger partial charge in [0.05, 0.1) is 5.57 Å². The van der Waals surface area contributed by atoms with Crippen molar-refractivity contribution in [3.8, 4) is 11.5 Å². The highest BCUT2D eigenvalue weighted by molar-refractivity contribution is 7.11. The SMILES string of the molecule is Cc1ccc(OCCOc2ccccc2/C=C(\C(=O)O)c2cccs2)cc1C. The molecule has 0 atom stereocenters. The van der Waals surface area contributed by atoms with E-state index in [1.165, 1.54) is 22.5 Å². The van der Waals surface area contributed by atoms with Crippen LogP contribution in [0.15, 0.2) is 60.0 Å². The number of aryl methyl sites for hydroxylation is 2. The summed E-state index contributed by atoms with van der Waals surface area (Å²) in [6.45, 7) is 4.87. The first-order valence-electron chi connectivity index (χ1n) is 8.95. The molecule has 1 aromatic heterocycles. The summed E-state index contributed by atoms with van der Waals surface area (Å²) in [6.07, 6.45) is 1.65. The summed E-state index contributed by atoms with van der Waals surface area (Å²) in [6, 6.07) is 17.0. The van der Waals surface area contributed by atoms with Crippen molar-refractivity contribution >= 4 is 29.0 Å². The van der Waals surface area contributed by atoms with E-state index in [-0.39, 0.29) is 5.57 Å². The zero-order valence-corrected chi connectivity index (χ0v) is 16.7. The summed E-state index contributed by atoms with van der Waals surface area (Å²) in [4.78, 5) is 12.4. The average Bonchev–Trinajstić information content (AvgIpc) is 3.21. The molecule has 0 aliphatic carbocycles. The van der Waals surface area contributed by atoms with Gasteiger partial charge in [0, 0.05) is 10.4 Å². The molecule has 0 radical (unpaired) electrons. The molecule has 0 spiro atoms. The van der Waals surface area contributed by atoms with Crippen molar-refractivity contribution < 1.29 is 19.4 Å². The van der Waals surface area contributed by atoms with Gasteiger partial charge in [0.1, 0.15) is 24.7 Å². The summed E-state index contributed by atoms with van der Waals surface area (Å²) < 4.78 is 11.6. The average molecular weight is 394 g/mol. The third kappa shape index (κ3) is 5.02. The lowest BCUT2D eigenvalue weighted by atomic mass is 10.1. The van der Waals surface area contributed by atoms with Crippen LogP contribution in [0, 0.1) is 13.8 Å². The van der Waals surface area contributed by atoms with Crippen molar-refractivity contribution in [3.05, 3.63) is 81.5 Å². The normalized spacial score (nSPS) is 11.3. The number of rotatable bonds is 8. The molecule has 0 unspecified atom stereocenters. The second kappa shape index (κ2) is 9.24. The molecule has 144 valence electrons. The summed E-state index contributed by atoms with van der Waals surface area (Å²) >= 11 is 1.40. The smallest absolute Gasteiger partial charge is 0.337 e. The van der Waals surface area contributed by atoms with Crippen LogP contribution in [0.1, 0.15) is 21.6 Å². The maximum atomic E-state index is 11.7. The lowest BCUT2D eigenvalue weighted by Gasteiger charge is -2.12. The van der Waals surface area contributed by atoms with Crippen molar-refractivity contribution in [1.29, 1.82) is 0 Å². The number of carboxylic acid groups (broad SMARTS) is 1. The van der Waals surface area contributed by atoms with E-state index in [0.29, 0.717) is 23.8 Å². The Morgan fingerprint density at radius 3 is 2.50 bits per heavy atom.